The molecule has 9 heteroatoms. The summed E-state index contributed by atoms with van der Waals surface area (Å²) in [5.41, 5.74) is 1.94. The van der Waals surface area contributed by atoms with E-state index in [1.54, 1.807) is 36.5 Å². The zero-order chi connectivity index (χ0) is 21.5. The summed E-state index contributed by atoms with van der Waals surface area (Å²) in [4.78, 5) is 27.1. The Hall–Kier alpha value is -2.97. The number of nitrogens with zero attached hydrogens (tertiary/aromatic N) is 4. The number of aryl methyl sites for hydroxylation is 1. The summed E-state index contributed by atoms with van der Waals surface area (Å²) in [5.74, 6) is 0.838. The van der Waals surface area contributed by atoms with E-state index in [2.05, 4.69) is 32.3 Å². The summed E-state index contributed by atoms with van der Waals surface area (Å²) in [6.45, 7) is 7.13. The number of amides is 1. The third kappa shape index (κ3) is 5.77. The van der Waals surface area contributed by atoms with Crippen LogP contribution in [0.2, 0.25) is 5.02 Å². The minimum Gasteiger partial charge on any atom is -0.379 e. The zero-order valence-corrected chi connectivity index (χ0v) is 17.8. The van der Waals surface area contributed by atoms with Crippen LogP contribution in [-0.4, -0.2) is 48.9 Å². The van der Waals surface area contributed by atoms with Crippen LogP contribution in [0.15, 0.2) is 47.4 Å². The topological polar surface area (TPSA) is 91.7 Å². The van der Waals surface area contributed by atoms with Gasteiger partial charge in [-0.05, 0) is 37.8 Å². The van der Waals surface area contributed by atoms with Crippen LogP contribution in [0.4, 0.5) is 11.8 Å². The van der Waals surface area contributed by atoms with Crippen molar-refractivity contribution in [3.63, 3.8) is 0 Å². The van der Waals surface area contributed by atoms with Gasteiger partial charge in [0.25, 0.3) is 5.91 Å². The highest BCUT2D eigenvalue weighted by atomic mass is 35.5. The second-order valence-electron chi connectivity index (χ2n) is 7.00. The van der Waals surface area contributed by atoms with E-state index in [4.69, 9.17) is 16.3 Å². The van der Waals surface area contributed by atoms with Crippen LogP contribution >= 0.6 is 11.6 Å². The summed E-state index contributed by atoms with van der Waals surface area (Å²) in [7, 11) is 1.80. The van der Waals surface area contributed by atoms with Gasteiger partial charge in [-0.2, -0.15) is 4.98 Å². The molecule has 0 saturated carbocycles. The lowest BCUT2D eigenvalue weighted by atomic mass is 10.2. The fraction of sp³-hybridized carbons (Fsp3) is 0.333. The molecule has 0 aliphatic carbocycles. The van der Waals surface area contributed by atoms with E-state index < -0.39 is 0 Å². The number of ether oxygens (including phenoxy) is 1. The maximum Gasteiger partial charge on any atom is 0.271 e. The van der Waals surface area contributed by atoms with Crippen molar-refractivity contribution in [2.45, 2.75) is 25.9 Å². The van der Waals surface area contributed by atoms with Crippen LogP contribution < -0.4 is 15.5 Å². The molecule has 1 aromatic carbocycles. The van der Waals surface area contributed by atoms with Crippen molar-refractivity contribution in [2.24, 2.45) is 4.99 Å². The van der Waals surface area contributed by atoms with Crippen molar-refractivity contribution in [1.29, 1.82) is 0 Å². The highest BCUT2D eigenvalue weighted by Crippen LogP contribution is 2.19. The number of carbonyl (C=O) groups is 1. The quantitative estimate of drug-likeness (QED) is 0.496. The molecule has 1 aliphatic heterocycles. The second-order valence-corrected chi connectivity index (χ2v) is 7.44. The Morgan fingerprint density at radius 1 is 1.50 bits per heavy atom. The first-order valence-corrected chi connectivity index (χ1v) is 9.96. The molecule has 158 valence electrons. The van der Waals surface area contributed by atoms with Gasteiger partial charge in [-0.25, -0.2) is 4.98 Å². The molecule has 8 nitrogen and oxygen atoms in total. The Kier molecular flexibility index (Phi) is 7.37. The van der Waals surface area contributed by atoms with Crippen molar-refractivity contribution in [1.82, 2.24) is 15.3 Å². The normalized spacial score (nSPS) is 16.2. The number of carbonyl (C=O) groups excluding carboxylic acids is 1. The number of anilines is 2. The van der Waals surface area contributed by atoms with Crippen LogP contribution in [0.3, 0.4) is 0 Å². The van der Waals surface area contributed by atoms with Gasteiger partial charge in [0.1, 0.15) is 11.5 Å². The Labute approximate surface area is 181 Å². The number of nitrogens with one attached hydrogen (secondary N) is 2. The first kappa shape index (κ1) is 21.7. The second kappa shape index (κ2) is 10.2. The summed E-state index contributed by atoms with van der Waals surface area (Å²) in [5, 5.41) is 6.72. The third-order valence-corrected chi connectivity index (χ3v) is 4.84. The average molecular weight is 429 g/mol. The fourth-order valence-corrected chi connectivity index (χ4v) is 3.24. The van der Waals surface area contributed by atoms with Crippen LogP contribution in [0.25, 0.3) is 0 Å². The van der Waals surface area contributed by atoms with E-state index in [9.17, 15) is 4.79 Å². The molecule has 0 spiro atoms. The van der Waals surface area contributed by atoms with E-state index in [0.717, 1.165) is 24.2 Å². The number of aliphatic imine (C=N–C) groups is 1. The summed E-state index contributed by atoms with van der Waals surface area (Å²) in [6.07, 6.45) is 4.25. The molecule has 0 bridgehead atoms. The molecule has 2 aromatic rings. The van der Waals surface area contributed by atoms with Gasteiger partial charge in [-0.15, -0.1) is 0 Å². The molecular weight excluding hydrogens is 404 g/mol. The Balaban J connectivity index is 1.69. The van der Waals surface area contributed by atoms with Gasteiger partial charge in [0.2, 0.25) is 5.95 Å². The smallest absolute Gasteiger partial charge is 0.271 e. The predicted octanol–water partition coefficient (Wildman–Crippen LogP) is 2.93. The largest absolute Gasteiger partial charge is 0.379 e. The zero-order valence-electron chi connectivity index (χ0n) is 17.1. The van der Waals surface area contributed by atoms with Crippen molar-refractivity contribution in [3.8, 4) is 0 Å². The van der Waals surface area contributed by atoms with Gasteiger partial charge < -0.3 is 20.3 Å². The SMILES string of the molecule is C=N/C(=C\N(C)c1nc(N[C@H]2CCOC2)ncc1C)C(=O)NCc1cccc(Cl)c1. The molecule has 1 fully saturated rings. The van der Waals surface area contributed by atoms with Gasteiger partial charge in [0.05, 0.1) is 12.6 Å². The molecule has 1 saturated heterocycles. The highest BCUT2D eigenvalue weighted by molar-refractivity contribution is 6.30. The molecule has 0 unspecified atom stereocenters. The molecule has 1 aromatic heterocycles. The minimum atomic E-state index is -0.343. The lowest BCUT2D eigenvalue weighted by molar-refractivity contribution is -0.117. The molecule has 2 heterocycles. The number of halogens is 1. The van der Waals surface area contributed by atoms with Crippen LogP contribution in [-0.2, 0) is 16.1 Å². The standard InChI is InChI=1S/C21H25ClN6O2/c1-14-10-25-21(26-17-7-8-30-13-17)27-19(14)28(3)12-18(23-2)20(29)24-11-15-5-4-6-16(22)9-15/h4-6,9-10,12,17H,2,7-8,11,13H2,1,3H3,(H,24,29)(H,25,26,27)/b18-12-/t17-/m0/s1. The van der Waals surface area contributed by atoms with Crippen molar-refractivity contribution >= 4 is 36.0 Å². The van der Waals surface area contributed by atoms with Crippen molar-refractivity contribution < 1.29 is 9.53 Å². The molecule has 1 amide bonds. The lowest BCUT2D eigenvalue weighted by Gasteiger charge is -2.18. The lowest BCUT2D eigenvalue weighted by Crippen LogP contribution is -2.26. The van der Waals surface area contributed by atoms with Crippen molar-refractivity contribution in [2.75, 3.05) is 30.5 Å². The fourth-order valence-electron chi connectivity index (χ4n) is 3.03. The first-order chi connectivity index (χ1) is 14.5. The monoisotopic (exact) mass is 428 g/mol. The van der Waals surface area contributed by atoms with E-state index >= 15 is 0 Å². The minimum absolute atomic E-state index is 0.177. The molecule has 1 aliphatic rings. The van der Waals surface area contributed by atoms with E-state index in [0.29, 0.717) is 29.9 Å². The number of benzene rings is 1. The number of hydrogen-bond acceptors (Lipinski definition) is 7. The maximum absolute atomic E-state index is 12.5. The van der Waals surface area contributed by atoms with Crippen LogP contribution in [0.1, 0.15) is 17.5 Å². The van der Waals surface area contributed by atoms with Crippen molar-refractivity contribution in [3.05, 3.63) is 58.5 Å². The summed E-state index contributed by atoms with van der Waals surface area (Å²) < 4.78 is 5.38. The van der Waals surface area contributed by atoms with Crippen LogP contribution in [0.5, 0.6) is 0 Å². The third-order valence-electron chi connectivity index (χ3n) is 4.60. The molecule has 1 atom stereocenters. The van der Waals surface area contributed by atoms with E-state index in [-0.39, 0.29) is 17.6 Å². The number of hydrogen-bond donors (Lipinski definition) is 2. The van der Waals surface area contributed by atoms with Gasteiger partial charge in [0, 0.05) is 43.2 Å². The van der Waals surface area contributed by atoms with Gasteiger partial charge >= 0.3 is 0 Å². The Bertz CT molecular complexity index is 943. The summed E-state index contributed by atoms with van der Waals surface area (Å²) in [6, 6.07) is 7.50. The number of rotatable bonds is 8. The average Bonchev–Trinajstić information content (AvgIpc) is 3.24. The van der Waals surface area contributed by atoms with Crippen LogP contribution in [0, 0.1) is 6.92 Å². The number of aromatic nitrogens is 2. The Morgan fingerprint density at radius 2 is 2.33 bits per heavy atom. The van der Waals surface area contributed by atoms with E-state index in [1.807, 2.05) is 19.1 Å². The van der Waals surface area contributed by atoms with Gasteiger partial charge in [-0.1, -0.05) is 23.7 Å². The molecule has 3 rings (SSSR count). The molecule has 2 N–H and O–H groups in total. The van der Waals surface area contributed by atoms with Gasteiger partial charge in [0.15, 0.2) is 0 Å². The molecule has 30 heavy (non-hydrogen) atoms. The first-order valence-electron chi connectivity index (χ1n) is 9.58. The maximum atomic E-state index is 12.5. The molecule has 0 radical (unpaired) electrons. The summed E-state index contributed by atoms with van der Waals surface area (Å²) >= 11 is 5.98. The van der Waals surface area contributed by atoms with E-state index in [1.165, 1.54) is 0 Å². The Morgan fingerprint density at radius 3 is 3.03 bits per heavy atom. The molecular formula is C21H25ClN6O2. The van der Waals surface area contributed by atoms with Gasteiger partial charge in [-0.3, -0.25) is 9.79 Å². The highest BCUT2D eigenvalue weighted by Gasteiger charge is 2.18. The predicted molar refractivity (Wildman–Crippen MR) is 119 cm³/mol.